The summed E-state index contributed by atoms with van der Waals surface area (Å²) in [6.45, 7) is 3.96. The first kappa shape index (κ1) is 9.77. The molecule has 0 aliphatic carbocycles. The third-order valence-corrected chi connectivity index (χ3v) is 3.42. The highest BCUT2D eigenvalue weighted by Crippen LogP contribution is 2.34. The fraction of sp³-hybridized carbons (Fsp3) is 0.125. The molecule has 4 rings (SSSR count). The first-order valence-corrected chi connectivity index (χ1v) is 6.04. The van der Waals surface area contributed by atoms with Crippen molar-refractivity contribution in [3.8, 4) is 0 Å². The summed E-state index contributed by atoms with van der Waals surface area (Å²) in [7, 11) is 0. The maximum absolute atomic E-state index is 5.70. The summed E-state index contributed by atoms with van der Waals surface area (Å²) in [5.74, 6) is 1.88. The Hall–Kier alpha value is -2.22. The van der Waals surface area contributed by atoms with E-state index in [1.807, 2.05) is 26.0 Å². The summed E-state index contributed by atoms with van der Waals surface area (Å²) in [5.41, 5.74) is 1.87. The molecule has 18 heavy (non-hydrogen) atoms. The van der Waals surface area contributed by atoms with Crippen LogP contribution in [0.3, 0.4) is 0 Å². The molecule has 0 aliphatic rings. The van der Waals surface area contributed by atoms with Crippen molar-refractivity contribution >= 4 is 32.7 Å². The van der Waals surface area contributed by atoms with E-state index in [1.165, 1.54) is 10.8 Å². The highest BCUT2D eigenvalue weighted by molar-refractivity contribution is 6.18. The van der Waals surface area contributed by atoms with Gasteiger partial charge in [-0.1, -0.05) is 12.1 Å². The van der Waals surface area contributed by atoms with Crippen molar-refractivity contribution in [3.63, 3.8) is 0 Å². The second kappa shape index (κ2) is 3.16. The van der Waals surface area contributed by atoms with Crippen LogP contribution in [-0.2, 0) is 0 Å². The van der Waals surface area contributed by atoms with Gasteiger partial charge in [-0.15, -0.1) is 0 Å². The van der Waals surface area contributed by atoms with Gasteiger partial charge in [-0.2, -0.15) is 0 Å². The van der Waals surface area contributed by atoms with Gasteiger partial charge < -0.3 is 8.83 Å². The van der Waals surface area contributed by atoms with Crippen LogP contribution in [0.4, 0.5) is 0 Å². The minimum Gasteiger partial charge on any atom is -0.461 e. The monoisotopic (exact) mass is 236 g/mol. The lowest BCUT2D eigenvalue weighted by Crippen LogP contribution is -1.74. The molecular formula is C16H12O2. The molecule has 0 saturated heterocycles. The predicted octanol–water partition coefficient (Wildman–Crippen LogP) is 4.95. The summed E-state index contributed by atoms with van der Waals surface area (Å²) in [5, 5.41) is 4.77. The maximum Gasteiger partial charge on any atom is 0.134 e. The zero-order valence-electron chi connectivity index (χ0n) is 10.3. The topological polar surface area (TPSA) is 26.3 Å². The Morgan fingerprint density at radius 1 is 0.722 bits per heavy atom. The van der Waals surface area contributed by atoms with Crippen molar-refractivity contribution in [1.29, 1.82) is 0 Å². The van der Waals surface area contributed by atoms with Gasteiger partial charge in [-0.05, 0) is 43.5 Å². The van der Waals surface area contributed by atoms with E-state index in [9.17, 15) is 0 Å². The Morgan fingerprint density at radius 3 is 1.72 bits per heavy atom. The minimum absolute atomic E-state index is 0.936. The van der Waals surface area contributed by atoms with E-state index in [0.29, 0.717) is 0 Å². The van der Waals surface area contributed by atoms with Crippen LogP contribution in [0.1, 0.15) is 11.5 Å². The van der Waals surface area contributed by atoms with Gasteiger partial charge in [-0.3, -0.25) is 0 Å². The Morgan fingerprint density at radius 2 is 1.22 bits per heavy atom. The van der Waals surface area contributed by atoms with Crippen LogP contribution < -0.4 is 0 Å². The van der Waals surface area contributed by atoms with E-state index in [0.717, 1.165) is 33.5 Å². The smallest absolute Gasteiger partial charge is 0.134 e. The number of fused-ring (bicyclic) bond motifs is 5. The highest BCUT2D eigenvalue weighted by atomic mass is 16.3. The second-order valence-corrected chi connectivity index (χ2v) is 4.77. The Kier molecular flexibility index (Phi) is 1.72. The van der Waals surface area contributed by atoms with E-state index in [-0.39, 0.29) is 0 Å². The standard InChI is InChI=1S/C16H12O2/c1-9-7-12-14(17-9)5-3-11-4-6-15-13(16(11)12)8-10(2)18-15/h3-8H,1-2H3. The largest absolute Gasteiger partial charge is 0.461 e. The molecule has 0 fully saturated rings. The van der Waals surface area contributed by atoms with Crippen molar-refractivity contribution in [2.75, 3.05) is 0 Å². The van der Waals surface area contributed by atoms with Crippen molar-refractivity contribution in [3.05, 3.63) is 47.9 Å². The molecule has 2 heteroatoms. The predicted molar refractivity (Wildman–Crippen MR) is 73.0 cm³/mol. The lowest BCUT2D eigenvalue weighted by Gasteiger charge is -1.99. The Balaban J connectivity index is 2.36. The molecule has 0 bridgehead atoms. The molecule has 0 spiro atoms. The molecule has 2 nitrogen and oxygen atoms in total. The molecular weight excluding hydrogens is 224 g/mol. The van der Waals surface area contributed by atoms with Crippen LogP contribution >= 0.6 is 0 Å². The van der Waals surface area contributed by atoms with E-state index in [2.05, 4.69) is 24.3 Å². The molecule has 0 aliphatic heterocycles. The molecule has 0 unspecified atom stereocenters. The molecule has 88 valence electrons. The number of furan rings is 2. The minimum atomic E-state index is 0.936. The highest BCUT2D eigenvalue weighted by Gasteiger charge is 2.10. The van der Waals surface area contributed by atoms with Gasteiger partial charge in [0.1, 0.15) is 22.7 Å². The van der Waals surface area contributed by atoms with Gasteiger partial charge in [0.05, 0.1) is 0 Å². The molecule has 0 radical (unpaired) electrons. The van der Waals surface area contributed by atoms with Crippen molar-refractivity contribution < 1.29 is 8.83 Å². The lowest BCUT2D eigenvalue weighted by atomic mass is 10.0. The number of hydrogen-bond donors (Lipinski definition) is 0. The van der Waals surface area contributed by atoms with Crippen molar-refractivity contribution in [2.45, 2.75) is 13.8 Å². The normalized spacial score (nSPS) is 11.9. The summed E-state index contributed by atoms with van der Waals surface area (Å²) in [6.07, 6.45) is 0. The number of benzene rings is 2. The molecule has 0 atom stereocenters. The van der Waals surface area contributed by atoms with Crippen LogP contribution in [0.2, 0.25) is 0 Å². The van der Waals surface area contributed by atoms with Gasteiger partial charge in [0.25, 0.3) is 0 Å². The SMILES string of the molecule is Cc1cc2c(ccc3ccc4oc(C)cc4c32)o1. The average Bonchev–Trinajstić information content (AvgIpc) is 2.88. The summed E-state index contributed by atoms with van der Waals surface area (Å²) in [6, 6.07) is 12.5. The fourth-order valence-corrected chi connectivity index (χ4v) is 2.71. The third-order valence-electron chi connectivity index (χ3n) is 3.42. The van der Waals surface area contributed by atoms with Gasteiger partial charge in [-0.25, -0.2) is 0 Å². The van der Waals surface area contributed by atoms with Gasteiger partial charge in [0, 0.05) is 16.2 Å². The molecule has 4 aromatic rings. The van der Waals surface area contributed by atoms with E-state index in [1.54, 1.807) is 0 Å². The number of hydrogen-bond acceptors (Lipinski definition) is 2. The second-order valence-electron chi connectivity index (χ2n) is 4.77. The first-order chi connectivity index (χ1) is 8.72. The van der Waals surface area contributed by atoms with E-state index in [4.69, 9.17) is 8.83 Å². The van der Waals surface area contributed by atoms with Crippen LogP contribution in [0.5, 0.6) is 0 Å². The first-order valence-electron chi connectivity index (χ1n) is 6.04. The Bertz CT molecular complexity index is 822. The Labute approximate surface area is 104 Å². The zero-order chi connectivity index (χ0) is 12.3. The third kappa shape index (κ3) is 1.17. The van der Waals surface area contributed by atoms with Crippen LogP contribution in [-0.4, -0.2) is 0 Å². The van der Waals surface area contributed by atoms with E-state index >= 15 is 0 Å². The average molecular weight is 236 g/mol. The van der Waals surface area contributed by atoms with Crippen LogP contribution in [0.25, 0.3) is 32.7 Å². The summed E-state index contributed by atoms with van der Waals surface area (Å²) >= 11 is 0. The molecule has 0 N–H and O–H groups in total. The van der Waals surface area contributed by atoms with Gasteiger partial charge >= 0.3 is 0 Å². The summed E-state index contributed by atoms with van der Waals surface area (Å²) in [4.78, 5) is 0. The van der Waals surface area contributed by atoms with Gasteiger partial charge in [0.2, 0.25) is 0 Å². The quantitative estimate of drug-likeness (QED) is 0.432. The van der Waals surface area contributed by atoms with Gasteiger partial charge in [0.15, 0.2) is 0 Å². The number of rotatable bonds is 0. The fourth-order valence-electron chi connectivity index (χ4n) is 2.71. The molecule has 2 heterocycles. The molecule has 0 amide bonds. The van der Waals surface area contributed by atoms with Crippen molar-refractivity contribution in [1.82, 2.24) is 0 Å². The number of aryl methyl sites for hydroxylation is 2. The molecule has 0 saturated carbocycles. The van der Waals surface area contributed by atoms with Crippen LogP contribution in [0, 0.1) is 13.8 Å². The lowest BCUT2D eigenvalue weighted by molar-refractivity contribution is 0.578. The molecule has 2 aromatic heterocycles. The van der Waals surface area contributed by atoms with Crippen LogP contribution in [0.15, 0.2) is 45.2 Å². The zero-order valence-corrected chi connectivity index (χ0v) is 10.3. The maximum atomic E-state index is 5.70. The van der Waals surface area contributed by atoms with Crippen molar-refractivity contribution in [2.24, 2.45) is 0 Å². The van der Waals surface area contributed by atoms with E-state index < -0.39 is 0 Å². The molecule has 2 aromatic carbocycles. The summed E-state index contributed by atoms with van der Waals surface area (Å²) < 4.78 is 11.4.